The minimum atomic E-state index is -3.29. The molecule has 3 rings (SSSR count). The number of hydrogen-bond donors (Lipinski definition) is 1. The lowest BCUT2D eigenvalue weighted by Crippen LogP contribution is -2.42. The fourth-order valence-corrected chi connectivity index (χ4v) is 3.81. The Morgan fingerprint density at radius 2 is 1.89 bits per heavy atom. The molecule has 150 valence electrons. The second kappa shape index (κ2) is 7.76. The number of sulfonamides is 1. The smallest absolute Gasteiger partial charge is 0.323 e. The van der Waals surface area contributed by atoms with E-state index in [1.807, 2.05) is 0 Å². The molecule has 2 heterocycles. The van der Waals surface area contributed by atoms with Gasteiger partial charge in [-0.2, -0.15) is 0 Å². The van der Waals surface area contributed by atoms with Crippen molar-refractivity contribution < 1.29 is 22.0 Å². The minimum Gasteiger partial charge on any atom is -0.323 e. The predicted molar refractivity (Wildman–Crippen MR) is 99.0 cm³/mol. The summed E-state index contributed by atoms with van der Waals surface area (Å²) in [6.45, 7) is 0.596. The Hall–Kier alpha value is -2.66. The van der Waals surface area contributed by atoms with Crippen LogP contribution in [0.2, 0.25) is 0 Å². The number of hydrogen-bond acceptors (Lipinski definition) is 5. The highest BCUT2D eigenvalue weighted by atomic mass is 32.2. The third-order valence-electron chi connectivity index (χ3n) is 4.51. The zero-order valence-electron chi connectivity index (χ0n) is 15.3. The number of rotatable bonds is 4. The van der Waals surface area contributed by atoms with E-state index in [1.54, 1.807) is 7.05 Å². The minimum absolute atomic E-state index is 0.162. The monoisotopic (exact) mass is 411 g/mol. The van der Waals surface area contributed by atoms with Crippen molar-refractivity contribution in [2.24, 2.45) is 0 Å². The van der Waals surface area contributed by atoms with Gasteiger partial charge >= 0.3 is 6.03 Å². The average molecular weight is 411 g/mol. The summed E-state index contributed by atoms with van der Waals surface area (Å²) in [5.41, 5.74) is 0.483. The van der Waals surface area contributed by atoms with Gasteiger partial charge in [0.2, 0.25) is 10.0 Å². The van der Waals surface area contributed by atoms with Crippen molar-refractivity contribution in [3.05, 3.63) is 42.2 Å². The van der Waals surface area contributed by atoms with Crippen LogP contribution in [-0.4, -0.2) is 66.1 Å². The van der Waals surface area contributed by atoms with Gasteiger partial charge in [0.25, 0.3) is 0 Å². The quantitative estimate of drug-likeness (QED) is 0.829. The summed E-state index contributed by atoms with van der Waals surface area (Å²) >= 11 is 0. The van der Waals surface area contributed by atoms with Crippen LogP contribution in [0.25, 0.3) is 11.3 Å². The zero-order valence-corrected chi connectivity index (χ0v) is 16.1. The summed E-state index contributed by atoms with van der Waals surface area (Å²) < 4.78 is 51.1. The second-order valence-corrected chi connectivity index (χ2v) is 8.53. The van der Waals surface area contributed by atoms with Gasteiger partial charge < -0.3 is 4.90 Å². The first-order valence-electron chi connectivity index (χ1n) is 8.41. The van der Waals surface area contributed by atoms with Gasteiger partial charge in [0.1, 0.15) is 11.6 Å². The topological polar surface area (TPSA) is 95.5 Å². The summed E-state index contributed by atoms with van der Waals surface area (Å²) in [5.74, 6) is -1.29. The highest BCUT2D eigenvalue weighted by Crippen LogP contribution is 2.20. The number of urea groups is 1. The van der Waals surface area contributed by atoms with Gasteiger partial charge in [-0.25, -0.2) is 31.3 Å². The standard InChI is InChI=1S/C17H19F2N5O3S/c1-23(14-3-4-24(10-14)28(2,26)27)17(25)22-16-9-20-15(8-21-16)11-5-12(18)7-13(19)6-11/h5-9,14H,3-4,10H2,1-2H3,(H,21,22,25)/t14-/m0/s1. The van der Waals surface area contributed by atoms with Crippen LogP contribution in [0.4, 0.5) is 19.4 Å². The molecule has 1 aliphatic rings. The number of benzene rings is 1. The van der Waals surface area contributed by atoms with E-state index in [4.69, 9.17) is 0 Å². The third-order valence-corrected chi connectivity index (χ3v) is 5.78. The van der Waals surface area contributed by atoms with Crippen LogP contribution in [0.3, 0.4) is 0 Å². The summed E-state index contributed by atoms with van der Waals surface area (Å²) in [6.07, 6.45) is 4.25. The van der Waals surface area contributed by atoms with Crippen LogP contribution in [-0.2, 0) is 10.0 Å². The first-order valence-corrected chi connectivity index (χ1v) is 10.3. The van der Waals surface area contributed by atoms with Crippen LogP contribution < -0.4 is 5.32 Å². The molecule has 0 bridgehead atoms. The molecule has 1 aromatic carbocycles. The molecule has 1 aliphatic heterocycles. The lowest BCUT2D eigenvalue weighted by Gasteiger charge is -2.24. The number of nitrogens with one attached hydrogen (secondary N) is 1. The van der Waals surface area contributed by atoms with Crippen molar-refractivity contribution >= 4 is 21.9 Å². The number of nitrogens with zero attached hydrogens (tertiary/aromatic N) is 4. The van der Waals surface area contributed by atoms with Gasteiger partial charge in [-0.3, -0.25) is 10.3 Å². The van der Waals surface area contributed by atoms with E-state index in [9.17, 15) is 22.0 Å². The molecule has 2 aromatic rings. The largest absolute Gasteiger partial charge is 0.323 e. The average Bonchev–Trinajstić information content (AvgIpc) is 3.11. The van der Waals surface area contributed by atoms with E-state index in [-0.39, 0.29) is 29.7 Å². The molecule has 2 amide bonds. The Morgan fingerprint density at radius 1 is 1.21 bits per heavy atom. The Balaban J connectivity index is 1.64. The zero-order chi connectivity index (χ0) is 20.5. The number of likely N-dealkylation sites (N-methyl/N-ethyl adjacent to an activating group) is 1. The van der Waals surface area contributed by atoms with Crippen LogP contribution in [0, 0.1) is 11.6 Å². The van der Waals surface area contributed by atoms with Gasteiger partial charge in [-0.05, 0) is 18.6 Å². The number of carbonyl (C=O) groups excluding carboxylic acids is 1. The van der Waals surface area contributed by atoms with Gasteiger partial charge in [0, 0.05) is 37.8 Å². The first-order chi connectivity index (χ1) is 13.1. The fourth-order valence-electron chi connectivity index (χ4n) is 2.93. The maximum absolute atomic E-state index is 13.3. The molecule has 8 nitrogen and oxygen atoms in total. The van der Waals surface area contributed by atoms with Gasteiger partial charge in [0.15, 0.2) is 5.82 Å². The van der Waals surface area contributed by atoms with E-state index >= 15 is 0 Å². The molecule has 28 heavy (non-hydrogen) atoms. The molecular formula is C17H19F2N5O3S. The van der Waals surface area contributed by atoms with E-state index < -0.39 is 27.7 Å². The maximum atomic E-state index is 13.3. The summed E-state index contributed by atoms with van der Waals surface area (Å²) in [6, 6.07) is 2.31. The lowest BCUT2D eigenvalue weighted by molar-refractivity contribution is 0.206. The molecule has 1 N–H and O–H groups in total. The molecule has 0 unspecified atom stereocenters. The molecular weight excluding hydrogens is 392 g/mol. The second-order valence-electron chi connectivity index (χ2n) is 6.55. The van der Waals surface area contributed by atoms with Gasteiger partial charge in [0.05, 0.1) is 24.3 Å². The Kier molecular flexibility index (Phi) is 5.57. The fraction of sp³-hybridized carbons (Fsp3) is 0.353. The summed E-state index contributed by atoms with van der Waals surface area (Å²) in [4.78, 5) is 21.9. The molecule has 1 aromatic heterocycles. The molecule has 1 saturated heterocycles. The highest BCUT2D eigenvalue weighted by Gasteiger charge is 2.32. The Morgan fingerprint density at radius 3 is 2.43 bits per heavy atom. The molecule has 11 heteroatoms. The van der Waals surface area contributed by atoms with Crippen LogP contribution in [0.1, 0.15) is 6.42 Å². The number of amides is 2. The van der Waals surface area contributed by atoms with Gasteiger partial charge in [-0.15, -0.1) is 0 Å². The maximum Gasteiger partial charge on any atom is 0.323 e. The van der Waals surface area contributed by atoms with Crippen LogP contribution in [0.5, 0.6) is 0 Å². The molecule has 0 spiro atoms. The summed E-state index contributed by atoms with van der Waals surface area (Å²) in [7, 11) is -1.72. The van der Waals surface area contributed by atoms with Crippen molar-refractivity contribution in [3.8, 4) is 11.3 Å². The van der Waals surface area contributed by atoms with Gasteiger partial charge in [-0.1, -0.05) is 0 Å². The third kappa shape index (κ3) is 4.60. The van der Waals surface area contributed by atoms with Crippen molar-refractivity contribution in [1.29, 1.82) is 0 Å². The van der Waals surface area contributed by atoms with E-state index in [0.717, 1.165) is 24.5 Å². The molecule has 1 atom stereocenters. The number of halogens is 2. The lowest BCUT2D eigenvalue weighted by atomic mass is 10.1. The Labute approximate surface area is 161 Å². The van der Waals surface area contributed by atoms with E-state index in [0.29, 0.717) is 13.0 Å². The SMILES string of the molecule is CN(C(=O)Nc1cnc(-c2cc(F)cc(F)c2)cn1)[C@H]1CCN(S(C)(=O)=O)C1. The predicted octanol–water partition coefficient (Wildman–Crippen LogP) is 1.92. The molecule has 1 fully saturated rings. The first kappa shape index (κ1) is 20.1. The van der Waals surface area contributed by atoms with Crippen molar-refractivity contribution in [3.63, 3.8) is 0 Å². The van der Waals surface area contributed by atoms with E-state index in [2.05, 4.69) is 15.3 Å². The summed E-state index contributed by atoms with van der Waals surface area (Å²) in [5, 5.41) is 2.57. The van der Waals surface area contributed by atoms with Crippen LogP contribution >= 0.6 is 0 Å². The van der Waals surface area contributed by atoms with Crippen LogP contribution in [0.15, 0.2) is 30.6 Å². The van der Waals surface area contributed by atoms with E-state index in [1.165, 1.54) is 21.6 Å². The number of aromatic nitrogens is 2. The van der Waals surface area contributed by atoms with Crippen molar-refractivity contribution in [1.82, 2.24) is 19.2 Å². The van der Waals surface area contributed by atoms with Crippen molar-refractivity contribution in [2.75, 3.05) is 31.7 Å². The normalized spacial score (nSPS) is 17.5. The Bertz CT molecular complexity index is 965. The van der Waals surface area contributed by atoms with Crippen molar-refractivity contribution in [2.45, 2.75) is 12.5 Å². The molecule has 0 radical (unpaired) electrons. The molecule has 0 aliphatic carbocycles. The molecule has 0 saturated carbocycles. The number of carbonyl (C=O) groups is 1. The number of anilines is 1. The highest BCUT2D eigenvalue weighted by molar-refractivity contribution is 7.88.